The summed E-state index contributed by atoms with van der Waals surface area (Å²) in [5.41, 5.74) is 4.99. The van der Waals surface area contributed by atoms with Crippen LogP contribution in [0.25, 0.3) is 11.3 Å². The van der Waals surface area contributed by atoms with Crippen molar-refractivity contribution in [2.45, 2.75) is 30.1 Å². The summed E-state index contributed by atoms with van der Waals surface area (Å²) >= 11 is 2.36. The molecule has 0 unspecified atom stereocenters. The molecule has 0 spiro atoms. The number of hydrogen-bond acceptors (Lipinski definition) is 4. The number of Topliss-reactive ketones (excluding diaryl/α,β-unsaturated/α-hetero) is 1. The number of alkyl halides is 1. The summed E-state index contributed by atoms with van der Waals surface area (Å²) in [5, 5.41) is 6.15. The summed E-state index contributed by atoms with van der Waals surface area (Å²) in [6.07, 6.45) is 2.92. The number of carbonyl (C=O) groups is 2. The Labute approximate surface area is 182 Å². The lowest BCUT2D eigenvalue weighted by molar-refractivity contribution is -0.114. The van der Waals surface area contributed by atoms with E-state index < -0.39 is 0 Å². The molecule has 0 saturated heterocycles. The standard InChI is InChI=1S/C22H21IN4O2/c1-13(28)25-18-10-14(8-9-24-18)20-21(26-15-6-4-3-5-7-15)19-16(27-20)11-22(2,23)12-17(19)29/h3-10,26-27H,11-12H2,1-2H3,(H,24,25,28)/t22-/m0/s1. The Morgan fingerprint density at radius 3 is 2.69 bits per heavy atom. The summed E-state index contributed by atoms with van der Waals surface area (Å²) in [5.74, 6) is 0.414. The first-order valence-electron chi connectivity index (χ1n) is 9.35. The maximum absolute atomic E-state index is 13.0. The molecule has 0 fully saturated rings. The number of amides is 1. The molecule has 1 aliphatic carbocycles. The minimum Gasteiger partial charge on any atom is -0.356 e. The van der Waals surface area contributed by atoms with Crippen LogP contribution in [-0.4, -0.2) is 25.1 Å². The van der Waals surface area contributed by atoms with Crippen LogP contribution in [0, 0.1) is 0 Å². The maximum Gasteiger partial charge on any atom is 0.222 e. The van der Waals surface area contributed by atoms with Gasteiger partial charge in [0.25, 0.3) is 0 Å². The van der Waals surface area contributed by atoms with Crippen molar-refractivity contribution in [2.75, 3.05) is 10.6 Å². The van der Waals surface area contributed by atoms with E-state index in [0.29, 0.717) is 12.2 Å². The van der Waals surface area contributed by atoms with E-state index in [2.05, 4.69) is 50.1 Å². The number of aromatic nitrogens is 2. The van der Waals surface area contributed by atoms with Gasteiger partial charge in [-0.1, -0.05) is 40.8 Å². The number of H-pyrrole nitrogens is 1. The molecular weight excluding hydrogens is 479 g/mol. The molecule has 0 bridgehead atoms. The summed E-state index contributed by atoms with van der Waals surface area (Å²) in [7, 11) is 0. The average Bonchev–Trinajstić information content (AvgIpc) is 2.99. The second-order valence-corrected chi connectivity index (χ2v) is 10.1. The van der Waals surface area contributed by atoms with Crippen molar-refractivity contribution in [3.8, 4) is 11.3 Å². The van der Waals surface area contributed by atoms with Crippen LogP contribution >= 0.6 is 22.6 Å². The third kappa shape index (κ3) is 4.19. The van der Waals surface area contributed by atoms with Gasteiger partial charge in [-0.2, -0.15) is 0 Å². The molecule has 0 saturated carbocycles. The minimum atomic E-state index is -0.182. The molecule has 0 radical (unpaired) electrons. The molecular formula is C22H21IN4O2. The Morgan fingerprint density at radius 2 is 1.97 bits per heavy atom. The number of pyridine rings is 1. The van der Waals surface area contributed by atoms with Gasteiger partial charge in [0.05, 0.1) is 16.9 Å². The van der Waals surface area contributed by atoms with Crippen molar-refractivity contribution in [3.63, 3.8) is 0 Å². The van der Waals surface area contributed by atoms with E-state index in [1.807, 2.05) is 42.5 Å². The molecule has 6 nitrogen and oxygen atoms in total. The van der Waals surface area contributed by atoms with Crippen LogP contribution < -0.4 is 10.6 Å². The summed E-state index contributed by atoms with van der Waals surface area (Å²) in [6.45, 7) is 3.55. The average molecular weight is 500 g/mol. The van der Waals surface area contributed by atoms with Crippen LogP contribution in [-0.2, 0) is 11.2 Å². The highest BCUT2D eigenvalue weighted by atomic mass is 127. The van der Waals surface area contributed by atoms with Gasteiger partial charge in [0.15, 0.2) is 5.78 Å². The number of benzene rings is 1. The second-order valence-electron chi connectivity index (χ2n) is 7.52. The van der Waals surface area contributed by atoms with Gasteiger partial charge >= 0.3 is 0 Å². The number of aromatic amines is 1. The molecule has 3 N–H and O–H groups in total. The van der Waals surface area contributed by atoms with E-state index in [1.54, 1.807) is 6.20 Å². The third-order valence-corrected chi connectivity index (χ3v) is 5.59. The van der Waals surface area contributed by atoms with E-state index in [1.165, 1.54) is 6.92 Å². The topological polar surface area (TPSA) is 86.9 Å². The van der Waals surface area contributed by atoms with Crippen molar-refractivity contribution in [3.05, 3.63) is 59.9 Å². The van der Waals surface area contributed by atoms with E-state index >= 15 is 0 Å². The molecule has 0 aliphatic heterocycles. The molecule has 2 aromatic heterocycles. The van der Waals surface area contributed by atoms with Crippen LogP contribution in [0.15, 0.2) is 48.7 Å². The van der Waals surface area contributed by atoms with Gasteiger partial charge in [-0.15, -0.1) is 0 Å². The van der Waals surface area contributed by atoms with Crippen molar-refractivity contribution < 1.29 is 9.59 Å². The molecule has 148 valence electrons. The minimum absolute atomic E-state index is 0.117. The monoisotopic (exact) mass is 500 g/mol. The first-order chi connectivity index (χ1) is 13.8. The molecule has 1 atom stereocenters. The Kier molecular flexibility index (Phi) is 5.16. The van der Waals surface area contributed by atoms with Crippen LogP contribution in [0.4, 0.5) is 17.2 Å². The summed E-state index contributed by atoms with van der Waals surface area (Å²) in [4.78, 5) is 32.1. The zero-order valence-corrected chi connectivity index (χ0v) is 18.3. The number of ketones is 1. The van der Waals surface area contributed by atoms with Crippen LogP contribution in [0.2, 0.25) is 0 Å². The molecule has 2 heterocycles. The lowest BCUT2D eigenvalue weighted by Gasteiger charge is -2.26. The van der Waals surface area contributed by atoms with Crippen LogP contribution in [0.3, 0.4) is 0 Å². The molecule has 7 heteroatoms. The Hall–Kier alpha value is -2.68. The number of halogens is 1. The summed E-state index contributed by atoms with van der Waals surface area (Å²) < 4.78 is -0.117. The quantitative estimate of drug-likeness (QED) is 0.344. The van der Waals surface area contributed by atoms with Crippen LogP contribution in [0.1, 0.15) is 36.3 Å². The normalized spacial score (nSPS) is 18.2. The highest BCUT2D eigenvalue weighted by molar-refractivity contribution is 14.1. The fourth-order valence-electron chi connectivity index (χ4n) is 3.69. The first kappa shape index (κ1) is 19.6. The number of nitrogens with zero attached hydrogens (tertiary/aromatic N) is 1. The Bertz CT molecular complexity index is 1090. The molecule has 3 aromatic rings. The van der Waals surface area contributed by atoms with Gasteiger partial charge in [0, 0.05) is 46.3 Å². The molecule has 1 aromatic carbocycles. The van der Waals surface area contributed by atoms with Crippen molar-refractivity contribution in [2.24, 2.45) is 0 Å². The van der Waals surface area contributed by atoms with Crippen molar-refractivity contribution >= 4 is 51.5 Å². The number of carbonyl (C=O) groups excluding carboxylic acids is 2. The molecule has 29 heavy (non-hydrogen) atoms. The van der Waals surface area contributed by atoms with E-state index in [4.69, 9.17) is 0 Å². The molecule has 4 rings (SSSR count). The smallest absolute Gasteiger partial charge is 0.222 e. The lowest BCUT2D eigenvalue weighted by atomic mass is 9.87. The number of rotatable bonds is 4. The molecule has 1 aliphatic rings. The van der Waals surface area contributed by atoms with Gasteiger partial charge < -0.3 is 15.6 Å². The van der Waals surface area contributed by atoms with Crippen molar-refractivity contribution in [1.29, 1.82) is 0 Å². The van der Waals surface area contributed by atoms with Gasteiger partial charge in [-0.25, -0.2) is 4.98 Å². The van der Waals surface area contributed by atoms with Crippen LogP contribution in [0.5, 0.6) is 0 Å². The number of hydrogen-bond donors (Lipinski definition) is 3. The fraction of sp³-hybridized carbons (Fsp3) is 0.227. The third-order valence-electron chi connectivity index (χ3n) is 4.83. The van der Waals surface area contributed by atoms with Gasteiger partial charge in [-0.05, 0) is 31.2 Å². The zero-order chi connectivity index (χ0) is 20.6. The lowest BCUT2D eigenvalue weighted by Crippen LogP contribution is -2.29. The zero-order valence-electron chi connectivity index (χ0n) is 16.2. The Morgan fingerprint density at radius 1 is 1.21 bits per heavy atom. The molecule has 1 amide bonds. The SMILES string of the molecule is CC(=O)Nc1cc(-c2[nH]c3c(c2Nc2ccccc2)C(=O)C[C@@](C)(I)C3)ccn1. The number of para-hydroxylation sites is 1. The highest BCUT2D eigenvalue weighted by Gasteiger charge is 2.37. The maximum atomic E-state index is 13.0. The number of fused-ring (bicyclic) bond motifs is 1. The fourth-order valence-corrected chi connectivity index (χ4v) is 4.42. The number of anilines is 3. The predicted molar refractivity (Wildman–Crippen MR) is 123 cm³/mol. The second kappa shape index (κ2) is 7.62. The first-order valence-corrected chi connectivity index (χ1v) is 10.4. The number of nitrogens with one attached hydrogen (secondary N) is 3. The highest BCUT2D eigenvalue weighted by Crippen LogP contribution is 2.43. The van der Waals surface area contributed by atoms with Gasteiger partial charge in [-0.3, -0.25) is 9.59 Å². The van der Waals surface area contributed by atoms with Crippen molar-refractivity contribution in [1.82, 2.24) is 9.97 Å². The van der Waals surface area contributed by atoms with E-state index in [-0.39, 0.29) is 15.1 Å². The van der Waals surface area contributed by atoms with Gasteiger partial charge in [0.1, 0.15) is 5.82 Å². The summed E-state index contributed by atoms with van der Waals surface area (Å²) in [6, 6.07) is 13.5. The largest absolute Gasteiger partial charge is 0.356 e. The van der Waals surface area contributed by atoms with Gasteiger partial charge in [0.2, 0.25) is 5.91 Å². The predicted octanol–water partition coefficient (Wildman–Crippen LogP) is 5.10. The Balaban J connectivity index is 1.85. The van der Waals surface area contributed by atoms with E-state index in [9.17, 15) is 9.59 Å². The van der Waals surface area contributed by atoms with E-state index in [0.717, 1.165) is 40.3 Å².